The number of aliphatic hydroxyl groups is 2. The van der Waals surface area contributed by atoms with Crippen LogP contribution in [0.15, 0.2) is 52.6 Å². The maximum Gasteiger partial charge on any atom is 0.410 e. The second-order valence-electron chi connectivity index (χ2n) is 29.8. The van der Waals surface area contributed by atoms with E-state index in [1.807, 2.05) is 40.8 Å². The van der Waals surface area contributed by atoms with Crippen molar-refractivity contribution >= 4 is 6.09 Å². The van der Waals surface area contributed by atoms with Crippen molar-refractivity contribution in [2.24, 2.45) is 80.8 Å². The average molecular weight is 1020 g/mol. The predicted molar refractivity (Wildman–Crippen MR) is 294 cm³/mol. The summed E-state index contributed by atoms with van der Waals surface area (Å²) in [6.07, 6.45) is 23.6. The van der Waals surface area contributed by atoms with Gasteiger partial charge in [0, 0.05) is 24.4 Å². The molecule has 22 atom stereocenters. The van der Waals surface area contributed by atoms with Crippen molar-refractivity contribution in [3.8, 4) is 0 Å². The molecule has 8 nitrogen and oxygen atoms in total. The number of carbonyl (C=O) groups excluding carboxylic acids is 1. The van der Waals surface area contributed by atoms with E-state index in [0.29, 0.717) is 52.8 Å². The molecule has 410 valence electrons. The van der Waals surface area contributed by atoms with Crippen LogP contribution in [0.2, 0.25) is 0 Å². The second kappa shape index (κ2) is 19.0. The lowest BCUT2D eigenvalue weighted by molar-refractivity contribution is -0.129. The lowest BCUT2D eigenvalue weighted by Gasteiger charge is -2.60. The summed E-state index contributed by atoms with van der Waals surface area (Å²) in [5.74, 6) is 6.67. The Hall–Kier alpha value is -2.23. The number of nitrogens with one attached hydrogen (secondary N) is 1. The summed E-state index contributed by atoms with van der Waals surface area (Å²) >= 11 is 0. The van der Waals surface area contributed by atoms with Gasteiger partial charge < -0.3 is 34.6 Å². The normalized spacial score (nSPS) is 51.3. The van der Waals surface area contributed by atoms with E-state index in [4.69, 9.17) is 14.2 Å². The molecule has 4 heterocycles. The van der Waals surface area contributed by atoms with Gasteiger partial charge in [0.25, 0.3) is 0 Å². The summed E-state index contributed by atoms with van der Waals surface area (Å²) in [5, 5.41) is 24.9. The van der Waals surface area contributed by atoms with Crippen molar-refractivity contribution in [2.75, 3.05) is 13.1 Å². The Morgan fingerprint density at radius 2 is 1.20 bits per heavy atom. The Kier molecular flexibility index (Phi) is 13.4. The quantitative estimate of drug-likeness (QED) is 0.254. The van der Waals surface area contributed by atoms with E-state index in [1.54, 1.807) is 16.7 Å². The van der Waals surface area contributed by atoms with Gasteiger partial charge in [0.1, 0.15) is 6.61 Å². The minimum Gasteiger partial charge on any atom is -0.445 e. The van der Waals surface area contributed by atoms with Crippen LogP contribution in [-0.4, -0.2) is 82.0 Å². The van der Waals surface area contributed by atoms with E-state index in [9.17, 15) is 15.0 Å². The Morgan fingerprint density at radius 1 is 0.676 bits per heavy atom. The summed E-state index contributed by atoms with van der Waals surface area (Å²) in [6, 6.07) is 10.6. The molecule has 0 unspecified atom stereocenters. The van der Waals surface area contributed by atoms with E-state index in [-0.39, 0.29) is 53.0 Å². The van der Waals surface area contributed by atoms with Gasteiger partial charge in [-0.1, -0.05) is 108 Å². The zero-order chi connectivity index (χ0) is 51.9. The number of nitrogens with zero attached hydrogens (tertiary/aromatic N) is 1. The van der Waals surface area contributed by atoms with Gasteiger partial charge in [-0.3, -0.25) is 0 Å². The molecule has 0 aromatic heterocycles. The van der Waals surface area contributed by atoms with Gasteiger partial charge in [0.15, 0.2) is 0 Å². The molecule has 1 amide bonds. The standard InChI is InChI=1S/C37H53NO4.C29H47NO2/c1-23-17-32-33(38(21-23)34(40)41-22-26-9-7-6-8-10-26)25(3)37(42-32)16-13-28-29-12-14-35(4)20-27(39)11-15-36(35,5)31(29)18-30(28)24(2)19-37;1-17-12-25-26(30-16-17)19(3)29(32-25)11-8-21-22-7-9-27(4)15-20(31)6-10-28(27,5)24(22)13-23(21)18(2)14-29/h6-10,23,25,27-29,31-33,39H,11-22H2,1-5H3;17,19-22,24-26,30-31H,6-16H2,1-5H3/t23-,25+,27+,28-,29-,31-,32+,33-,35+,36+,37-;17-,19+,20+,21-,22-,24-,25+,26-,27+,28+,29-/m00/s1. The van der Waals surface area contributed by atoms with Crippen molar-refractivity contribution in [2.45, 2.75) is 252 Å². The third kappa shape index (κ3) is 8.27. The fraction of sp³-hybridized carbons (Fsp3) is 0.833. The molecule has 8 aliphatic carbocycles. The highest BCUT2D eigenvalue weighted by Crippen LogP contribution is 2.71. The van der Waals surface area contributed by atoms with E-state index in [2.05, 4.69) is 74.6 Å². The average Bonchev–Trinajstić information content (AvgIpc) is 4.04. The number of amides is 1. The van der Waals surface area contributed by atoms with Gasteiger partial charge in [-0.2, -0.15) is 0 Å². The number of hydrogen-bond acceptors (Lipinski definition) is 7. The molecule has 4 aliphatic heterocycles. The Balaban J connectivity index is 0.000000156. The molecule has 1 aromatic rings. The van der Waals surface area contributed by atoms with Crippen LogP contribution in [0.4, 0.5) is 4.79 Å². The maximum absolute atomic E-state index is 13.5. The number of rotatable bonds is 2. The van der Waals surface area contributed by atoms with Gasteiger partial charge in [0.2, 0.25) is 0 Å². The van der Waals surface area contributed by atoms with Crippen molar-refractivity contribution in [3.05, 3.63) is 58.2 Å². The first-order chi connectivity index (χ1) is 35.2. The summed E-state index contributed by atoms with van der Waals surface area (Å²) in [6.45, 7) is 26.7. The number of allylic oxidation sites excluding steroid dienone is 2. The molecule has 74 heavy (non-hydrogen) atoms. The van der Waals surface area contributed by atoms with Gasteiger partial charge in [-0.25, -0.2) is 4.79 Å². The van der Waals surface area contributed by atoms with E-state index in [1.165, 1.54) is 77.0 Å². The molecule has 4 saturated heterocycles. The third-order valence-electron chi connectivity index (χ3n) is 26.2. The number of ether oxygens (including phenoxy) is 3. The largest absolute Gasteiger partial charge is 0.445 e. The molecule has 1 aromatic carbocycles. The van der Waals surface area contributed by atoms with Crippen LogP contribution >= 0.6 is 0 Å². The first-order valence-electron chi connectivity index (χ1n) is 31.0. The van der Waals surface area contributed by atoms with E-state index in [0.717, 1.165) is 106 Å². The summed E-state index contributed by atoms with van der Waals surface area (Å²) in [7, 11) is 0. The number of fused-ring (bicyclic) bond motifs is 12. The van der Waals surface area contributed by atoms with Crippen LogP contribution in [0.25, 0.3) is 0 Å². The van der Waals surface area contributed by atoms with Crippen molar-refractivity contribution in [1.29, 1.82) is 0 Å². The first kappa shape index (κ1) is 52.5. The number of likely N-dealkylation sites (tertiary alicyclic amines) is 1. The molecule has 12 aliphatic rings. The van der Waals surface area contributed by atoms with E-state index < -0.39 is 0 Å². The Bertz CT molecular complexity index is 2350. The topological polar surface area (TPSA) is 100 Å². The first-order valence-corrected chi connectivity index (χ1v) is 31.0. The number of piperidine rings is 2. The van der Waals surface area contributed by atoms with Crippen LogP contribution in [0.3, 0.4) is 0 Å². The molecular weight excluding hydrogens is 917 g/mol. The van der Waals surface area contributed by atoms with E-state index >= 15 is 0 Å². The minimum absolute atomic E-state index is 0.0609. The Labute approximate surface area is 447 Å². The molecular formula is C66H100N2O6. The van der Waals surface area contributed by atoms with Crippen molar-refractivity contribution < 1.29 is 29.2 Å². The highest BCUT2D eigenvalue weighted by molar-refractivity contribution is 5.68. The molecule has 2 spiro atoms. The van der Waals surface area contributed by atoms with Crippen LogP contribution in [0.1, 0.15) is 203 Å². The zero-order valence-electron chi connectivity index (χ0n) is 47.9. The molecule has 3 N–H and O–H groups in total. The highest BCUT2D eigenvalue weighted by Gasteiger charge is 2.65. The molecule has 8 heteroatoms. The number of benzene rings is 1. The number of hydrogen-bond donors (Lipinski definition) is 3. The monoisotopic (exact) mass is 1020 g/mol. The van der Waals surface area contributed by atoms with Crippen LogP contribution in [-0.2, 0) is 20.8 Å². The minimum atomic E-state index is -0.198. The zero-order valence-corrected chi connectivity index (χ0v) is 47.9. The summed E-state index contributed by atoms with van der Waals surface area (Å²) in [4.78, 5) is 15.6. The molecule has 10 fully saturated rings. The van der Waals surface area contributed by atoms with Gasteiger partial charge in [0.05, 0.1) is 41.7 Å². The smallest absolute Gasteiger partial charge is 0.410 e. The van der Waals surface area contributed by atoms with Crippen molar-refractivity contribution in [1.82, 2.24) is 10.2 Å². The van der Waals surface area contributed by atoms with Crippen LogP contribution in [0.5, 0.6) is 0 Å². The van der Waals surface area contributed by atoms with Gasteiger partial charge in [-0.15, -0.1) is 0 Å². The molecule has 0 radical (unpaired) electrons. The Morgan fingerprint density at radius 3 is 1.77 bits per heavy atom. The lowest BCUT2D eigenvalue weighted by Crippen LogP contribution is -2.54. The highest BCUT2D eigenvalue weighted by atomic mass is 16.6. The lowest BCUT2D eigenvalue weighted by atomic mass is 9.45. The molecule has 13 rings (SSSR count). The number of carbonyl (C=O) groups is 1. The third-order valence-corrected chi connectivity index (χ3v) is 26.2. The molecule has 0 bridgehead atoms. The van der Waals surface area contributed by atoms with Crippen LogP contribution < -0.4 is 5.32 Å². The predicted octanol–water partition coefficient (Wildman–Crippen LogP) is 13.8. The molecule has 6 saturated carbocycles. The second-order valence-corrected chi connectivity index (χ2v) is 29.8. The SMILES string of the molecule is CC1=C2C[C@H]3[C@@H](CC[C@]4(C)C[C@H](O)CC[C@]34C)[C@@H]2CC[C@@]2(C1)O[C@@H]1C[C@H](C)CN(C(=O)OCc3ccccc3)[C@H]1[C@H]2C.CC1=C2C[C@H]3[C@@H](CC[C@]4(C)C[C@H](O)CC[C@]34C)[C@@H]2CC[C@@]2(C1)O[C@@H]1C[C@H](C)CN[C@H]1[C@H]2C. The fourth-order valence-corrected chi connectivity index (χ4v) is 21.6. The maximum atomic E-state index is 13.5. The van der Waals surface area contributed by atoms with Gasteiger partial charge >= 0.3 is 6.09 Å². The van der Waals surface area contributed by atoms with Crippen LogP contribution in [0, 0.1) is 80.8 Å². The van der Waals surface area contributed by atoms with Crippen molar-refractivity contribution in [3.63, 3.8) is 0 Å². The summed E-state index contributed by atoms with van der Waals surface area (Å²) in [5.41, 5.74) is 9.04. The van der Waals surface area contributed by atoms with Gasteiger partial charge in [-0.05, 0) is 223 Å². The number of aliphatic hydroxyl groups excluding tert-OH is 2. The summed E-state index contributed by atoms with van der Waals surface area (Å²) < 4.78 is 20.1. The fourth-order valence-electron chi connectivity index (χ4n) is 21.6.